The van der Waals surface area contributed by atoms with Crippen molar-refractivity contribution >= 4 is 104 Å². The van der Waals surface area contributed by atoms with E-state index in [1.54, 1.807) is 49.4 Å². The summed E-state index contributed by atoms with van der Waals surface area (Å²) < 4.78 is 11.9. The first-order valence-electron chi connectivity index (χ1n) is 14.0. The summed E-state index contributed by atoms with van der Waals surface area (Å²) in [4.78, 5) is 62.8. The van der Waals surface area contributed by atoms with Gasteiger partial charge in [-0.15, -0.1) is 0 Å². The van der Waals surface area contributed by atoms with E-state index in [1.807, 2.05) is 0 Å². The number of nitrogens with zero attached hydrogens (tertiary/aromatic N) is 2. The van der Waals surface area contributed by atoms with E-state index in [2.05, 4.69) is 4.98 Å². The van der Waals surface area contributed by atoms with Crippen molar-refractivity contribution in [3.8, 4) is 22.8 Å². The Bertz CT molecular complexity index is 1810. The fourth-order valence-corrected chi connectivity index (χ4v) is 4.88. The van der Waals surface area contributed by atoms with Crippen LogP contribution in [0.15, 0.2) is 60.7 Å². The Morgan fingerprint density at radius 1 is 0.646 bits per heavy atom. The average Bonchev–Trinajstić information content (AvgIpc) is 3.41. The normalized spacial score (nSPS) is 10.5. The van der Waals surface area contributed by atoms with Crippen LogP contribution in [0.3, 0.4) is 0 Å². The Kier molecular flexibility index (Phi) is 13.4. The molecule has 0 spiro atoms. The number of benzene rings is 3. The zero-order valence-corrected chi connectivity index (χ0v) is 29.1. The molecule has 1 heterocycles. The number of carbonyl (C=O) groups is 5. The van der Waals surface area contributed by atoms with Gasteiger partial charge in [-0.05, 0) is 55.0 Å². The zero-order chi connectivity index (χ0) is 34.2. The van der Waals surface area contributed by atoms with Crippen molar-refractivity contribution in [1.82, 2.24) is 4.98 Å². The van der Waals surface area contributed by atoms with Gasteiger partial charge in [0.1, 0.15) is 50.9 Å². The summed E-state index contributed by atoms with van der Waals surface area (Å²) in [7, 11) is 0. The molecule has 3 aromatic carbocycles. The monoisotopic (exact) mass is 688 g/mol. The molecule has 0 aliphatic rings. The van der Waals surface area contributed by atoms with Crippen LogP contribution in [0.1, 0.15) is 15.9 Å². The number of H-pyrrole nitrogens is 1. The van der Waals surface area contributed by atoms with Crippen LogP contribution < -0.4 is 19.3 Å². The summed E-state index contributed by atoms with van der Waals surface area (Å²) in [5.41, 5.74) is 2.98. The topological polar surface area (TPSA) is 227 Å². The van der Waals surface area contributed by atoms with Gasteiger partial charge in [0.15, 0.2) is 0 Å². The van der Waals surface area contributed by atoms with E-state index in [0.29, 0.717) is 16.8 Å². The van der Waals surface area contributed by atoms with E-state index in [-0.39, 0.29) is 93.0 Å². The van der Waals surface area contributed by atoms with E-state index in [9.17, 15) is 49.5 Å². The summed E-state index contributed by atoms with van der Waals surface area (Å²) in [5, 5.41) is 47.6. The van der Waals surface area contributed by atoms with Crippen molar-refractivity contribution in [2.24, 2.45) is 0 Å². The van der Waals surface area contributed by atoms with Gasteiger partial charge in [-0.2, -0.15) is 0 Å². The maximum Gasteiger partial charge on any atom is 0.335 e. The molecular formula is C32H31KN3O12. The number of anilines is 2. The molecule has 0 aliphatic heterocycles. The van der Waals surface area contributed by atoms with Gasteiger partial charge in [0.05, 0.1) is 16.9 Å². The van der Waals surface area contributed by atoms with Gasteiger partial charge in [-0.1, -0.05) is 18.2 Å². The van der Waals surface area contributed by atoms with Gasteiger partial charge in [-0.25, -0.2) is 4.79 Å². The van der Waals surface area contributed by atoms with Crippen molar-refractivity contribution in [2.75, 3.05) is 49.2 Å². The number of aromatic carboxylic acids is 1. The number of hydrogen-bond acceptors (Lipinski definition) is 9. The van der Waals surface area contributed by atoms with Crippen molar-refractivity contribution in [3.05, 3.63) is 71.8 Å². The number of aromatic amines is 1. The van der Waals surface area contributed by atoms with E-state index < -0.39 is 56.0 Å². The van der Waals surface area contributed by atoms with E-state index in [0.717, 1.165) is 20.7 Å². The second-order valence-corrected chi connectivity index (χ2v) is 10.4. The van der Waals surface area contributed by atoms with Crippen molar-refractivity contribution < 1.29 is 59.0 Å². The minimum absolute atomic E-state index is 0. The smallest absolute Gasteiger partial charge is 0.335 e. The van der Waals surface area contributed by atoms with E-state index >= 15 is 0 Å². The molecule has 1 radical (unpaired) electrons. The van der Waals surface area contributed by atoms with Gasteiger partial charge in [-0.3, -0.25) is 19.2 Å². The molecule has 4 rings (SSSR count). The van der Waals surface area contributed by atoms with Gasteiger partial charge in [0, 0.05) is 73.5 Å². The fourth-order valence-electron chi connectivity index (χ4n) is 4.88. The summed E-state index contributed by atoms with van der Waals surface area (Å²) in [6.45, 7) is -0.938. The number of fused-ring (bicyclic) bond motifs is 1. The maximum absolute atomic E-state index is 11.6. The predicted octanol–water partition coefficient (Wildman–Crippen LogP) is 2.87. The third-order valence-corrected chi connectivity index (χ3v) is 6.84. The minimum atomic E-state index is -1.27. The number of aryl methyl sites for hydroxylation is 1. The van der Waals surface area contributed by atoms with E-state index in [4.69, 9.17) is 9.47 Å². The molecule has 16 heteroatoms. The molecule has 0 unspecified atom stereocenters. The maximum atomic E-state index is 11.6. The number of ether oxygens (including phenoxy) is 2. The number of aliphatic carboxylic acids is 4. The van der Waals surface area contributed by atoms with Gasteiger partial charge >= 0.3 is 29.8 Å². The molecule has 247 valence electrons. The van der Waals surface area contributed by atoms with Crippen LogP contribution in [0, 0.1) is 6.92 Å². The molecule has 15 nitrogen and oxygen atoms in total. The fraction of sp³-hybridized carbons (Fsp3) is 0.219. The Labute approximate surface area is 315 Å². The Morgan fingerprint density at radius 3 is 1.65 bits per heavy atom. The Morgan fingerprint density at radius 2 is 1.15 bits per heavy atom. The van der Waals surface area contributed by atoms with Gasteiger partial charge < -0.3 is 49.8 Å². The molecule has 0 bridgehead atoms. The van der Waals surface area contributed by atoms with Crippen LogP contribution in [0.25, 0.3) is 22.2 Å². The summed E-state index contributed by atoms with van der Waals surface area (Å²) in [5.74, 6) is -5.77. The van der Waals surface area contributed by atoms with Crippen molar-refractivity contribution in [2.45, 2.75) is 6.92 Å². The molecule has 0 fully saturated rings. The predicted molar refractivity (Wildman–Crippen MR) is 174 cm³/mol. The molecule has 4 aromatic rings. The van der Waals surface area contributed by atoms with Gasteiger partial charge in [0.25, 0.3) is 0 Å². The Balaban J connectivity index is 0.00000625. The molecule has 0 saturated carbocycles. The molecule has 6 N–H and O–H groups in total. The minimum Gasteiger partial charge on any atom is -0.488 e. The van der Waals surface area contributed by atoms with Crippen LogP contribution in [-0.4, -0.2) is 151 Å². The van der Waals surface area contributed by atoms with Crippen LogP contribution in [0.4, 0.5) is 11.4 Å². The largest absolute Gasteiger partial charge is 0.488 e. The third kappa shape index (κ3) is 10.2. The zero-order valence-electron chi connectivity index (χ0n) is 26.0. The number of carboxylic acids is 5. The first-order valence-corrected chi connectivity index (χ1v) is 14.0. The summed E-state index contributed by atoms with van der Waals surface area (Å²) in [6.07, 6.45) is 0. The van der Waals surface area contributed by atoms with Crippen LogP contribution in [0.5, 0.6) is 11.5 Å². The van der Waals surface area contributed by atoms with Crippen molar-refractivity contribution in [3.63, 3.8) is 0 Å². The molecule has 1 aromatic heterocycles. The average molecular weight is 689 g/mol. The first-order chi connectivity index (χ1) is 22.3. The van der Waals surface area contributed by atoms with Crippen LogP contribution >= 0.6 is 0 Å². The first kappa shape index (κ1) is 37.8. The number of aromatic nitrogens is 1. The SMILES string of the molecule is Cc1ccc(N(CC(=O)O)CC(=O)O)c(OCCOc2cc(-c3cc4ccc(C(=O)O)cc4[nH]3)ccc2N(CC(=O)O)CC(=O)O)c1.[K]. The molecule has 0 saturated heterocycles. The molecule has 0 atom stereocenters. The van der Waals surface area contributed by atoms with Crippen molar-refractivity contribution in [1.29, 1.82) is 0 Å². The van der Waals surface area contributed by atoms with Gasteiger partial charge in [0.2, 0.25) is 0 Å². The summed E-state index contributed by atoms with van der Waals surface area (Å²) in [6, 6.07) is 16.0. The molecule has 0 aliphatic carbocycles. The number of rotatable bonds is 17. The second kappa shape index (κ2) is 17.0. The van der Waals surface area contributed by atoms with Crippen LogP contribution in [-0.2, 0) is 19.2 Å². The number of nitrogens with one attached hydrogen (secondary N) is 1. The van der Waals surface area contributed by atoms with E-state index in [1.165, 1.54) is 18.2 Å². The molecule has 0 amide bonds. The third-order valence-electron chi connectivity index (χ3n) is 6.84. The van der Waals surface area contributed by atoms with Crippen LogP contribution in [0.2, 0.25) is 0 Å². The standard InChI is InChI=1S/C32H31N3O12.K/c1-18-2-6-24(34(14-28(36)37)15-29(38)39)26(10-18)46-8-9-47-27-13-20(5-7-25(27)35(16-30(40)41)17-31(42)43)22-11-19-3-4-21(32(44)45)12-23(19)33-22;/h2-7,10-13,33H,8-9,14-17H2,1H3,(H,36,37)(H,38,39)(H,40,41)(H,42,43)(H,44,45);. The second-order valence-electron chi connectivity index (χ2n) is 10.4. The Hall–Kier alpha value is -4.61. The summed E-state index contributed by atoms with van der Waals surface area (Å²) >= 11 is 0. The molecular weight excluding hydrogens is 657 g/mol. The number of hydrogen-bond donors (Lipinski definition) is 6. The quantitative estimate of drug-likeness (QED) is 0.0693. The number of carboxylic acid groups (broad SMARTS) is 5. The molecule has 48 heavy (non-hydrogen) atoms.